The lowest BCUT2D eigenvalue weighted by Gasteiger charge is -2.12. The van der Waals surface area contributed by atoms with Gasteiger partial charge in [-0.3, -0.25) is 9.59 Å². The van der Waals surface area contributed by atoms with Gasteiger partial charge < -0.3 is 25.6 Å². The van der Waals surface area contributed by atoms with Crippen LogP contribution in [0.2, 0.25) is 5.02 Å². The fraction of sp³-hybridized carbons (Fsp3) is 0.0833. The van der Waals surface area contributed by atoms with E-state index in [1.165, 1.54) is 18.2 Å². The van der Waals surface area contributed by atoms with Crippen molar-refractivity contribution < 1.29 is 24.5 Å². The Morgan fingerprint density at radius 2 is 1.66 bits per heavy atom. The standard InChI is InChI=1S/C24H21ClN2O5/c25-19-6-2-4-8-22(19)32-17-11-9-16(10-12-17)15-20(24(31)26-13-14-28)27-23(30)18-5-1-3-7-21(18)29/h1-12,15,28-29H,13-14H2,(H,26,31)(H,27,30)/b20-15+. The third-order valence-corrected chi connectivity index (χ3v) is 4.61. The van der Waals surface area contributed by atoms with E-state index >= 15 is 0 Å². The summed E-state index contributed by atoms with van der Waals surface area (Å²) in [6.45, 7) is -0.228. The molecule has 0 aliphatic heterocycles. The van der Waals surface area contributed by atoms with Crippen LogP contribution in [0.1, 0.15) is 15.9 Å². The average molecular weight is 453 g/mol. The highest BCUT2D eigenvalue weighted by atomic mass is 35.5. The second kappa shape index (κ2) is 11.0. The first-order valence-electron chi connectivity index (χ1n) is 9.70. The van der Waals surface area contributed by atoms with Crippen LogP contribution in [0.4, 0.5) is 0 Å². The summed E-state index contributed by atoms with van der Waals surface area (Å²) >= 11 is 6.11. The minimum atomic E-state index is -0.646. The molecule has 0 saturated carbocycles. The molecule has 3 aromatic carbocycles. The summed E-state index contributed by atoms with van der Waals surface area (Å²) in [7, 11) is 0. The number of benzene rings is 3. The second-order valence-corrected chi connectivity index (χ2v) is 7.02. The van der Waals surface area contributed by atoms with E-state index in [1.54, 1.807) is 54.6 Å². The first-order chi connectivity index (χ1) is 15.5. The second-order valence-electron chi connectivity index (χ2n) is 6.61. The summed E-state index contributed by atoms with van der Waals surface area (Å²) in [5, 5.41) is 24.4. The third-order valence-electron chi connectivity index (χ3n) is 4.29. The molecule has 0 bridgehead atoms. The minimum absolute atomic E-state index is 0.0211. The van der Waals surface area contributed by atoms with E-state index in [9.17, 15) is 14.7 Å². The molecule has 0 atom stereocenters. The van der Waals surface area contributed by atoms with Crippen molar-refractivity contribution in [2.75, 3.05) is 13.2 Å². The number of rotatable bonds is 8. The predicted molar refractivity (Wildman–Crippen MR) is 122 cm³/mol. The Hall–Kier alpha value is -3.81. The quantitative estimate of drug-likeness (QED) is 0.390. The molecule has 0 fully saturated rings. The Morgan fingerprint density at radius 1 is 0.969 bits per heavy atom. The Balaban J connectivity index is 1.81. The summed E-state index contributed by atoms with van der Waals surface area (Å²) in [6.07, 6.45) is 1.48. The zero-order valence-corrected chi connectivity index (χ0v) is 17.7. The molecule has 0 spiro atoms. The highest BCUT2D eigenvalue weighted by Gasteiger charge is 2.16. The number of carbonyl (C=O) groups excluding carboxylic acids is 2. The molecule has 8 heteroatoms. The molecule has 0 aliphatic rings. The van der Waals surface area contributed by atoms with Gasteiger partial charge in [-0.25, -0.2) is 0 Å². The highest BCUT2D eigenvalue weighted by Crippen LogP contribution is 2.29. The first kappa shape index (κ1) is 22.9. The Labute approximate surface area is 189 Å². The predicted octanol–water partition coefficient (Wildman–Crippen LogP) is 3.72. The van der Waals surface area contributed by atoms with Crippen LogP contribution in [0.15, 0.2) is 78.5 Å². The summed E-state index contributed by atoms with van der Waals surface area (Å²) in [5.74, 6) is -0.385. The van der Waals surface area contributed by atoms with Crippen molar-refractivity contribution in [2.24, 2.45) is 0 Å². The van der Waals surface area contributed by atoms with E-state index in [2.05, 4.69) is 10.6 Å². The van der Waals surface area contributed by atoms with Crippen molar-refractivity contribution in [3.05, 3.63) is 94.6 Å². The smallest absolute Gasteiger partial charge is 0.267 e. The Kier molecular flexibility index (Phi) is 7.85. The normalized spacial score (nSPS) is 11.0. The van der Waals surface area contributed by atoms with Crippen LogP contribution < -0.4 is 15.4 Å². The molecule has 4 N–H and O–H groups in total. The monoisotopic (exact) mass is 452 g/mol. The summed E-state index contributed by atoms with van der Waals surface area (Å²) in [5.41, 5.74) is 0.589. The van der Waals surface area contributed by atoms with Gasteiger partial charge in [-0.1, -0.05) is 48.0 Å². The van der Waals surface area contributed by atoms with E-state index in [1.807, 2.05) is 6.07 Å². The van der Waals surface area contributed by atoms with Crippen molar-refractivity contribution in [3.63, 3.8) is 0 Å². The number of carbonyl (C=O) groups is 2. The summed E-state index contributed by atoms with van der Waals surface area (Å²) < 4.78 is 5.75. The first-order valence-corrected chi connectivity index (χ1v) is 10.1. The number of ether oxygens (including phenoxy) is 1. The minimum Gasteiger partial charge on any atom is -0.507 e. The molecule has 0 unspecified atom stereocenters. The van der Waals surface area contributed by atoms with Crippen LogP contribution in [-0.4, -0.2) is 35.2 Å². The van der Waals surface area contributed by atoms with Gasteiger partial charge in [0.2, 0.25) is 0 Å². The van der Waals surface area contributed by atoms with E-state index < -0.39 is 11.8 Å². The molecule has 3 rings (SSSR count). The van der Waals surface area contributed by atoms with Gasteiger partial charge in [0.15, 0.2) is 0 Å². The number of halogens is 1. The molecule has 0 aromatic heterocycles. The Bertz CT molecular complexity index is 1130. The SMILES string of the molecule is O=C(NCCO)/C(=C\c1ccc(Oc2ccccc2Cl)cc1)NC(=O)c1ccccc1O. The number of phenols is 1. The molecule has 3 aromatic rings. The van der Waals surface area contributed by atoms with Gasteiger partial charge in [0.05, 0.1) is 17.2 Å². The molecule has 32 heavy (non-hydrogen) atoms. The molecule has 2 amide bonds. The highest BCUT2D eigenvalue weighted by molar-refractivity contribution is 6.32. The van der Waals surface area contributed by atoms with Crippen molar-refractivity contribution in [1.82, 2.24) is 10.6 Å². The van der Waals surface area contributed by atoms with Gasteiger partial charge in [-0.2, -0.15) is 0 Å². The Morgan fingerprint density at radius 3 is 2.34 bits per heavy atom. The number of nitrogens with one attached hydrogen (secondary N) is 2. The zero-order chi connectivity index (χ0) is 22.9. The number of hydrogen-bond donors (Lipinski definition) is 4. The molecular formula is C24H21ClN2O5. The van der Waals surface area contributed by atoms with Crippen molar-refractivity contribution in [2.45, 2.75) is 0 Å². The number of aliphatic hydroxyl groups excluding tert-OH is 1. The lowest BCUT2D eigenvalue weighted by molar-refractivity contribution is -0.117. The average Bonchev–Trinajstić information content (AvgIpc) is 2.80. The van der Waals surface area contributed by atoms with Gasteiger partial charge in [0.25, 0.3) is 11.8 Å². The summed E-state index contributed by atoms with van der Waals surface area (Å²) in [6, 6.07) is 19.9. The van der Waals surface area contributed by atoms with Crippen LogP contribution in [0.25, 0.3) is 6.08 Å². The molecule has 7 nitrogen and oxygen atoms in total. The van der Waals surface area contributed by atoms with Crippen molar-refractivity contribution in [1.29, 1.82) is 0 Å². The van der Waals surface area contributed by atoms with Gasteiger partial charge in [0, 0.05) is 6.54 Å². The fourth-order valence-electron chi connectivity index (χ4n) is 2.73. The molecule has 0 heterocycles. The lowest BCUT2D eigenvalue weighted by Crippen LogP contribution is -2.36. The third kappa shape index (κ3) is 6.10. The van der Waals surface area contributed by atoms with Crippen LogP contribution in [-0.2, 0) is 4.79 Å². The van der Waals surface area contributed by atoms with E-state index in [4.69, 9.17) is 21.4 Å². The van der Waals surface area contributed by atoms with Gasteiger partial charge >= 0.3 is 0 Å². The van der Waals surface area contributed by atoms with E-state index in [-0.39, 0.29) is 30.2 Å². The van der Waals surface area contributed by atoms with Gasteiger partial charge in [0.1, 0.15) is 22.9 Å². The van der Waals surface area contributed by atoms with Crippen molar-refractivity contribution in [3.8, 4) is 17.2 Å². The van der Waals surface area contributed by atoms with Crippen LogP contribution >= 0.6 is 11.6 Å². The maximum atomic E-state index is 12.6. The number of phenolic OH excluding ortho intramolecular Hbond substituents is 1. The molecular weight excluding hydrogens is 432 g/mol. The van der Waals surface area contributed by atoms with E-state index in [0.29, 0.717) is 22.1 Å². The van der Waals surface area contributed by atoms with Crippen molar-refractivity contribution >= 4 is 29.5 Å². The van der Waals surface area contributed by atoms with Crippen LogP contribution in [0, 0.1) is 0 Å². The maximum Gasteiger partial charge on any atom is 0.267 e. The number of aromatic hydroxyl groups is 1. The number of amides is 2. The molecule has 0 radical (unpaired) electrons. The number of aliphatic hydroxyl groups is 1. The topological polar surface area (TPSA) is 108 Å². The molecule has 164 valence electrons. The van der Waals surface area contributed by atoms with Gasteiger partial charge in [-0.05, 0) is 48.0 Å². The largest absolute Gasteiger partial charge is 0.507 e. The number of hydrogen-bond acceptors (Lipinski definition) is 5. The zero-order valence-electron chi connectivity index (χ0n) is 16.9. The summed E-state index contributed by atoms with van der Waals surface area (Å²) in [4.78, 5) is 25.1. The fourth-order valence-corrected chi connectivity index (χ4v) is 2.91. The van der Waals surface area contributed by atoms with E-state index in [0.717, 1.165) is 0 Å². The maximum absolute atomic E-state index is 12.6. The van der Waals surface area contributed by atoms with Crippen LogP contribution in [0.3, 0.4) is 0 Å². The molecule has 0 aliphatic carbocycles. The van der Waals surface area contributed by atoms with Gasteiger partial charge in [-0.15, -0.1) is 0 Å². The lowest BCUT2D eigenvalue weighted by atomic mass is 10.1. The van der Waals surface area contributed by atoms with Crippen LogP contribution in [0.5, 0.6) is 17.2 Å². The number of para-hydroxylation sites is 2. The molecule has 0 saturated heterocycles.